The van der Waals surface area contributed by atoms with Gasteiger partial charge in [-0.05, 0) is 36.4 Å². The van der Waals surface area contributed by atoms with E-state index in [0.29, 0.717) is 21.4 Å². The van der Waals surface area contributed by atoms with E-state index < -0.39 is 16.5 Å². The SMILES string of the molecule is O=C(NNc1ncnc(Nc2ccc(Cl)cn2)c1[N+](=O)[O-])c1ccc(Cl)cc1. The number of carbonyl (C=O) groups is 1. The van der Waals surface area contributed by atoms with Gasteiger partial charge in [0.1, 0.15) is 12.1 Å². The van der Waals surface area contributed by atoms with Crippen molar-refractivity contribution in [1.29, 1.82) is 0 Å². The average Bonchev–Trinajstić information content (AvgIpc) is 2.68. The zero-order chi connectivity index (χ0) is 20.1. The molecule has 3 rings (SSSR count). The summed E-state index contributed by atoms with van der Waals surface area (Å²) in [5.41, 5.74) is 4.60. The van der Waals surface area contributed by atoms with Gasteiger partial charge in [0.25, 0.3) is 5.91 Å². The lowest BCUT2D eigenvalue weighted by atomic mass is 10.2. The number of hydrazine groups is 1. The number of halogens is 2. The van der Waals surface area contributed by atoms with E-state index in [1.54, 1.807) is 18.2 Å². The molecular formula is C16H11Cl2N7O3. The molecule has 12 heteroatoms. The highest BCUT2D eigenvalue weighted by molar-refractivity contribution is 6.30. The molecule has 0 aliphatic carbocycles. The monoisotopic (exact) mass is 419 g/mol. The molecule has 3 N–H and O–H groups in total. The lowest BCUT2D eigenvalue weighted by molar-refractivity contribution is -0.383. The van der Waals surface area contributed by atoms with Crippen molar-refractivity contribution < 1.29 is 9.72 Å². The molecule has 0 aliphatic rings. The van der Waals surface area contributed by atoms with Gasteiger partial charge in [0.05, 0.1) is 9.95 Å². The van der Waals surface area contributed by atoms with Crippen LogP contribution in [0.4, 0.5) is 23.1 Å². The van der Waals surface area contributed by atoms with Gasteiger partial charge >= 0.3 is 5.69 Å². The summed E-state index contributed by atoms with van der Waals surface area (Å²) in [6.45, 7) is 0. The first-order chi connectivity index (χ1) is 13.4. The Morgan fingerprint density at radius 3 is 2.29 bits per heavy atom. The smallest absolute Gasteiger partial charge is 0.319 e. The molecule has 1 aromatic carbocycles. The number of hydrogen-bond donors (Lipinski definition) is 3. The number of carbonyl (C=O) groups excluding carboxylic acids is 1. The van der Waals surface area contributed by atoms with Gasteiger partial charge in [-0.1, -0.05) is 23.2 Å². The number of benzene rings is 1. The molecule has 0 radical (unpaired) electrons. The van der Waals surface area contributed by atoms with Crippen LogP contribution in [0.15, 0.2) is 48.9 Å². The van der Waals surface area contributed by atoms with Crippen molar-refractivity contribution in [3.05, 3.63) is 74.6 Å². The van der Waals surface area contributed by atoms with Crippen LogP contribution in [0, 0.1) is 10.1 Å². The summed E-state index contributed by atoms with van der Waals surface area (Å²) in [6, 6.07) is 9.20. The molecule has 1 amide bonds. The van der Waals surface area contributed by atoms with E-state index in [0.717, 1.165) is 6.33 Å². The Bertz CT molecular complexity index is 1010. The molecule has 0 spiro atoms. The predicted molar refractivity (Wildman–Crippen MR) is 104 cm³/mol. The molecule has 10 nitrogen and oxygen atoms in total. The lowest BCUT2D eigenvalue weighted by Crippen LogP contribution is -2.30. The minimum absolute atomic E-state index is 0.113. The predicted octanol–water partition coefficient (Wildman–Crippen LogP) is 3.59. The van der Waals surface area contributed by atoms with Gasteiger partial charge in [-0.2, -0.15) is 0 Å². The third-order valence-electron chi connectivity index (χ3n) is 3.38. The molecule has 0 saturated carbocycles. The van der Waals surface area contributed by atoms with Crippen molar-refractivity contribution in [2.75, 3.05) is 10.7 Å². The second-order valence-electron chi connectivity index (χ2n) is 5.25. The number of anilines is 3. The topological polar surface area (TPSA) is 135 Å². The Hall–Kier alpha value is -3.50. The summed E-state index contributed by atoms with van der Waals surface area (Å²) in [5, 5.41) is 15.1. The van der Waals surface area contributed by atoms with Gasteiger partial charge < -0.3 is 5.32 Å². The second-order valence-corrected chi connectivity index (χ2v) is 6.12. The van der Waals surface area contributed by atoms with Crippen LogP contribution in [0.25, 0.3) is 0 Å². The van der Waals surface area contributed by atoms with E-state index in [9.17, 15) is 14.9 Å². The Morgan fingerprint density at radius 1 is 0.964 bits per heavy atom. The van der Waals surface area contributed by atoms with Crippen LogP contribution in [0.2, 0.25) is 10.0 Å². The summed E-state index contributed by atoms with van der Waals surface area (Å²) in [6.07, 6.45) is 2.48. The van der Waals surface area contributed by atoms with E-state index in [2.05, 4.69) is 31.1 Å². The van der Waals surface area contributed by atoms with Crippen molar-refractivity contribution in [3.63, 3.8) is 0 Å². The zero-order valence-corrected chi connectivity index (χ0v) is 15.4. The van der Waals surface area contributed by atoms with Crippen LogP contribution >= 0.6 is 23.2 Å². The minimum atomic E-state index is -0.685. The number of nitrogens with zero attached hydrogens (tertiary/aromatic N) is 4. The highest BCUT2D eigenvalue weighted by Crippen LogP contribution is 2.30. The van der Waals surface area contributed by atoms with Gasteiger partial charge in [-0.15, -0.1) is 0 Å². The Balaban J connectivity index is 1.80. The third-order valence-corrected chi connectivity index (χ3v) is 3.86. The van der Waals surface area contributed by atoms with Gasteiger partial charge in [-0.25, -0.2) is 15.0 Å². The Morgan fingerprint density at radius 2 is 1.64 bits per heavy atom. The van der Waals surface area contributed by atoms with Crippen molar-refractivity contribution in [2.24, 2.45) is 0 Å². The third kappa shape index (κ3) is 4.61. The maximum atomic E-state index is 12.2. The van der Waals surface area contributed by atoms with Crippen molar-refractivity contribution >= 4 is 52.3 Å². The maximum Gasteiger partial charge on any atom is 0.355 e. The molecule has 0 aliphatic heterocycles. The van der Waals surface area contributed by atoms with Crippen LogP contribution in [-0.4, -0.2) is 25.8 Å². The molecule has 0 bridgehead atoms. The van der Waals surface area contributed by atoms with Crippen LogP contribution in [0.5, 0.6) is 0 Å². The van der Waals surface area contributed by atoms with E-state index >= 15 is 0 Å². The van der Waals surface area contributed by atoms with Crippen LogP contribution in [-0.2, 0) is 0 Å². The Labute approximate surface area is 168 Å². The molecule has 28 heavy (non-hydrogen) atoms. The van der Waals surface area contributed by atoms with Crippen LogP contribution in [0.1, 0.15) is 10.4 Å². The quantitative estimate of drug-likeness (QED) is 0.407. The molecule has 142 valence electrons. The molecule has 0 unspecified atom stereocenters. The van der Waals surface area contributed by atoms with Gasteiger partial charge in [0, 0.05) is 16.8 Å². The van der Waals surface area contributed by atoms with E-state index in [1.807, 2.05) is 0 Å². The molecule has 0 atom stereocenters. The van der Waals surface area contributed by atoms with Crippen LogP contribution in [0.3, 0.4) is 0 Å². The lowest BCUT2D eigenvalue weighted by Gasteiger charge is -2.10. The molecule has 0 saturated heterocycles. The minimum Gasteiger partial charge on any atom is -0.319 e. The van der Waals surface area contributed by atoms with Crippen molar-refractivity contribution in [3.8, 4) is 0 Å². The fourth-order valence-electron chi connectivity index (χ4n) is 2.10. The van der Waals surface area contributed by atoms with E-state index in [4.69, 9.17) is 23.2 Å². The average molecular weight is 420 g/mol. The number of aromatic nitrogens is 3. The largest absolute Gasteiger partial charge is 0.355 e. The first-order valence-electron chi connectivity index (χ1n) is 7.64. The number of nitrogens with one attached hydrogen (secondary N) is 3. The highest BCUT2D eigenvalue weighted by atomic mass is 35.5. The number of nitro groups is 1. The first kappa shape index (κ1) is 19.3. The summed E-state index contributed by atoms with van der Waals surface area (Å²) >= 11 is 11.5. The Kier molecular flexibility index (Phi) is 5.82. The summed E-state index contributed by atoms with van der Waals surface area (Å²) in [7, 11) is 0. The summed E-state index contributed by atoms with van der Waals surface area (Å²) in [4.78, 5) is 34.7. The summed E-state index contributed by atoms with van der Waals surface area (Å²) < 4.78 is 0. The fourth-order valence-corrected chi connectivity index (χ4v) is 2.33. The molecule has 2 aromatic heterocycles. The number of pyridine rings is 1. The fraction of sp³-hybridized carbons (Fsp3) is 0. The van der Waals surface area contributed by atoms with Crippen LogP contribution < -0.4 is 16.2 Å². The summed E-state index contributed by atoms with van der Waals surface area (Å²) in [5.74, 6) is -0.558. The molecule has 2 heterocycles. The zero-order valence-electron chi connectivity index (χ0n) is 13.9. The van der Waals surface area contributed by atoms with Crippen molar-refractivity contribution in [2.45, 2.75) is 0 Å². The van der Waals surface area contributed by atoms with Gasteiger partial charge in [0.15, 0.2) is 0 Å². The highest BCUT2D eigenvalue weighted by Gasteiger charge is 2.24. The normalized spacial score (nSPS) is 10.2. The standard InChI is InChI=1S/C16H11Cl2N7O3/c17-10-3-1-9(2-4-10)16(26)24-23-15-13(25(27)28)14(20-8-21-15)22-12-6-5-11(18)7-19-12/h1-8H,(H,24,26)(H2,19,20,21,22,23). The maximum absolute atomic E-state index is 12.2. The van der Waals surface area contributed by atoms with E-state index in [-0.39, 0.29) is 11.6 Å². The number of rotatable bonds is 6. The molecular weight excluding hydrogens is 409 g/mol. The molecule has 0 fully saturated rings. The van der Waals surface area contributed by atoms with E-state index in [1.165, 1.54) is 24.4 Å². The number of hydrogen-bond acceptors (Lipinski definition) is 8. The van der Waals surface area contributed by atoms with Gasteiger partial charge in [0.2, 0.25) is 11.6 Å². The molecule has 3 aromatic rings. The number of amides is 1. The second kappa shape index (κ2) is 8.46. The first-order valence-corrected chi connectivity index (χ1v) is 8.39. The van der Waals surface area contributed by atoms with Gasteiger partial charge in [-0.3, -0.25) is 25.8 Å². The van der Waals surface area contributed by atoms with Crippen molar-refractivity contribution in [1.82, 2.24) is 20.4 Å².